The van der Waals surface area contributed by atoms with E-state index in [2.05, 4.69) is 31.6 Å². The van der Waals surface area contributed by atoms with Crippen LogP contribution in [-0.4, -0.2) is 58.5 Å². The third-order valence-electron chi connectivity index (χ3n) is 3.95. The van der Waals surface area contributed by atoms with Gasteiger partial charge in [-0.3, -0.25) is 4.79 Å². The smallest absolute Gasteiger partial charge is 0.388 e. The van der Waals surface area contributed by atoms with E-state index in [1.54, 1.807) is 23.4 Å². The van der Waals surface area contributed by atoms with Gasteiger partial charge in [0.05, 0.1) is 11.9 Å². The fourth-order valence-electron chi connectivity index (χ4n) is 2.67. The zero-order valence-corrected chi connectivity index (χ0v) is 14.4. The molecule has 0 radical (unpaired) electrons. The van der Waals surface area contributed by atoms with E-state index in [1.165, 1.54) is 18.3 Å². The van der Waals surface area contributed by atoms with Crippen molar-refractivity contribution in [2.75, 3.05) is 36.4 Å². The molecule has 1 fully saturated rings. The van der Waals surface area contributed by atoms with Gasteiger partial charge in [-0.15, -0.1) is 0 Å². The van der Waals surface area contributed by atoms with Crippen molar-refractivity contribution in [2.45, 2.75) is 6.61 Å². The molecule has 0 aromatic carbocycles. The van der Waals surface area contributed by atoms with Crippen LogP contribution >= 0.6 is 0 Å². The van der Waals surface area contributed by atoms with E-state index >= 15 is 0 Å². The normalized spacial score (nSPS) is 14.2. The lowest BCUT2D eigenvalue weighted by atomic mass is 10.3. The van der Waals surface area contributed by atoms with Crippen molar-refractivity contribution < 1.29 is 18.3 Å². The van der Waals surface area contributed by atoms with Crippen LogP contribution in [0.4, 0.5) is 26.1 Å². The average Bonchev–Trinajstić information content (AvgIpc) is 2.69. The number of hydrogen-bond acceptors (Lipinski definition) is 7. The van der Waals surface area contributed by atoms with E-state index in [0.29, 0.717) is 43.5 Å². The van der Waals surface area contributed by atoms with Crippen LogP contribution in [0.3, 0.4) is 0 Å². The van der Waals surface area contributed by atoms with Crippen LogP contribution in [0.5, 0.6) is 5.88 Å². The Kier molecular flexibility index (Phi) is 5.74. The molecule has 3 rings (SSSR count). The molecule has 0 saturated carbocycles. The number of carbonyl (C=O) groups is 1. The fourth-order valence-corrected chi connectivity index (χ4v) is 2.67. The van der Waals surface area contributed by atoms with Gasteiger partial charge in [-0.25, -0.2) is 15.0 Å². The largest absolute Gasteiger partial charge is 0.417 e. The Morgan fingerprint density at radius 3 is 2.56 bits per heavy atom. The highest BCUT2D eigenvalue weighted by atomic mass is 19.3. The summed E-state index contributed by atoms with van der Waals surface area (Å²) in [6.45, 7) is 2.90. The van der Waals surface area contributed by atoms with Gasteiger partial charge in [0.25, 0.3) is 0 Å². The van der Waals surface area contributed by atoms with E-state index in [4.69, 9.17) is 0 Å². The molecule has 0 aliphatic carbocycles. The molecular weight excluding hydrogens is 358 g/mol. The first-order valence-electron chi connectivity index (χ1n) is 8.22. The monoisotopic (exact) mass is 376 g/mol. The number of nitrogens with zero attached hydrogens (tertiary/aromatic N) is 5. The number of nitrogens with one attached hydrogen (secondary N) is 1. The second-order valence-corrected chi connectivity index (χ2v) is 5.63. The van der Waals surface area contributed by atoms with Crippen molar-refractivity contribution in [3.63, 3.8) is 0 Å². The Bertz CT molecular complexity index is 794. The zero-order chi connectivity index (χ0) is 19.2. The first-order valence-corrected chi connectivity index (χ1v) is 8.22. The summed E-state index contributed by atoms with van der Waals surface area (Å²) < 4.78 is 28.6. The van der Waals surface area contributed by atoms with Gasteiger partial charge in [0.15, 0.2) is 11.6 Å². The maximum absolute atomic E-state index is 12.2. The van der Waals surface area contributed by atoms with Gasteiger partial charge in [-0.1, -0.05) is 6.58 Å². The van der Waals surface area contributed by atoms with Crippen LogP contribution in [0.2, 0.25) is 0 Å². The molecule has 142 valence electrons. The minimum absolute atomic E-state index is 0.0932. The van der Waals surface area contributed by atoms with E-state index in [1.807, 2.05) is 4.90 Å². The molecule has 1 saturated heterocycles. The topological polar surface area (TPSA) is 83.5 Å². The Morgan fingerprint density at radius 1 is 1.19 bits per heavy atom. The van der Waals surface area contributed by atoms with E-state index in [9.17, 15) is 13.6 Å². The maximum Gasteiger partial charge on any atom is 0.388 e. The molecule has 27 heavy (non-hydrogen) atoms. The Hall–Kier alpha value is -3.30. The molecule has 8 nitrogen and oxygen atoms in total. The summed E-state index contributed by atoms with van der Waals surface area (Å²) in [4.78, 5) is 27.9. The van der Waals surface area contributed by atoms with Gasteiger partial charge in [-0.05, 0) is 12.1 Å². The highest BCUT2D eigenvalue weighted by molar-refractivity contribution is 5.87. The van der Waals surface area contributed by atoms with Crippen molar-refractivity contribution in [1.82, 2.24) is 19.9 Å². The van der Waals surface area contributed by atoms with Gasteiger partial charge in [0, 0.05) is 44.6 Å². The molecule has 1 aliphatic rings. The van der Waals surface area contributed by atoms with Gasteiger partial charge < -0.3 is 19.9 Å². The first kappa shape index (κ1) is 18.5. The molecule has 2 aromatic heterocycles. The quantitative estimate of drug-likeness (QED) is 0.773. The molecular formula is C17H18F2N6O2. The number of anilines is 3. The number of amides is 1. The van der Waals surface area contributed by atoms with Gasteiger partial charge in [0.2, 0.25) is 11.8 Å². The third-order valence-corrected chi connectivity index (χ3v) is 3.95. The summed E-state index contributed by atoms with van der Waals surface area (Å²) in [5.41, 5.74) is 0.554. The number of aromatic nitrogens is 3. The van der Waals surface area contributed by atoms with Crippen LogP contribution < -0.4 is 15.0 Å². The molecule has 0 bridgehead atoms. The number of rotatable bonds is 6. The molecule has 10 heteroatoms. The molecule has 0 unspecified atom stereocenters. The van der Waals surface area contributed by atoms with E-state index < -0.39 is 6.61 Å². The summed E-state index contributed by atoms with van der Waals surface area (Å²) in [5.74, 6) is 0.878. The molecule has 1 N–H and O–H groups in total. The van der Waals surface area contributed by atoms with Gasteiger partial charge in [-0.2, -0.15) is 8.78 Å². The van der Waals surface area contributed by atoms with Gasteiger partial charge >= 0.3 is 6.61 Å². The standard InChI is InChI=1S/C17H18F2N6O2/c1-2-14(26)24-7-9-25(10-8-24)16-15(20-5-6-21-16)23-12-3-4-13(22-11-12)27-17(18)19/h2-6,11,17H,1,7-10H2,(H,20,23). The second-order valence-electron chi connectivity index (χ2n) is 5.63. The Balaban J connectivity index is 1.69. The van der Waals surface area contributed by atoms with Gasteiger partial charge in [0.1, 0.15) is 0 Å². The minimum atomic E-state index is -2.92. The lowest BCUT2D eigenvalue weighted by Crippen LogP contribution is -2.48. The first-order chi connectivity index (χ1) is 13.1. The van der Waals surface area contributed by atoms with E-state index in [0.717, 1.165) is 0 Å². The molecule has 1 aliphatic heterocycles. The zero-order valence-electron chi connectivity index (χ0n) is 14.4. The molecule has 0 atom stereocenters. The predicted molar refractivity (Wildman–Crippen MR) is 95.2 cm³/mol. The van der Waals surface area contributed by atoms with Crippen LogP contribution in [0, 0.1) is 0 Å². The number of piperazine rings is 1. The average molecular weight is 376 g/mol. The lowest BCUT2D eigenvalue weighted by Gasteiger charge is -2.35. The molecule has 0 spiro atoms. The maximum atomic E-state index is 12.2. The fraction of sp³-hybridized carbons (Fsp3) is 0.294. The highest BCUT2D eigenvalue weighted by Crippen LogP contribution is 2.25. The third kappa shape index (κ3) is 4.66. The van der Waals surface area contributed by atoms with Crippen LogP contribution in [-0.2, 0) is 4.79 Å². The number of hydrogen-bond donors (Lipinski definition) is 1. The summed E-state index contributed by atoms with van der Waals surface area (Å²) in [6.07, 6.45) is 5.81. The van der Waals surface area contributed by atoms with Crippen LogP contribution in [0.25, 0.3) is 0 Å². The number of ether oxygens (including phenoxy) is 1. The van der Waals surface area contributed by atoms with Crippen molar-refractivity contribution in [1.29, 1.82) is 0 Å². The Morgan fingerprint density at radius 2 is 1.93 bits per heavy atom. The van der Waals surface area contributed by atoms with Crippen molar-refractivity contribution in [3.8, 4) is 5.88 Å². The summed E-state index contributed by atoms with van der Waals surface area (Å²) >= 11 is 0. The number of pyridine rings is 1. The molecule has 2 aromatic rings. The summed E-state index contributed by atoms with van der Waals surface area (Å²) in [6, 6.07) is 2.90. The SMILES string of the molecule is C=CC(=O)N1CCN(c2nccnc2Nc2ccc(OC(F)F)nc2)CC1. The lowest BCUT2D eigenvalue weighted by molar-refractivity contribution is -0.126. The summed E-state index contributed by atoms with van der Waals surface area (Å²) in [7, 11) is 0. The van der Waals surface area contributed by atoms with Crippen LogP contribution in [0.15, 0.2) is 43.4 Å². The molecule has 1 amide bonds. The summed E-state index contributed by atoms with van der Waals surface area (Å²) in [5, 5.41) is 3.08. The van der Waals surface area contributed by atoms with Crippen molar-refractivity contribution >= 4 is 23.2 Å². The number of carbonyl (C=O) groups excluding carboxylic acids is 1. The second kappa shape index (κ2) is 8.39. The minimum Gasteiger partial charge on any atom is -0.417 e. The van der Waals surface area contributed by atoms with Crippen molar-refractivity contribution in [2.24, 2.45) is 0 Å². The number of alkyl halides is 2. The highest BCUT2D eigenvalue weighted by Gasteiger charge is 2.22. The molecule has 3 heterocycles. The number of halogens is 2. The van der Waals surface area contributed by atoms with Crippen LogP contribution in [0.1, 0.15) is 0 Å². The predicted octanol–water partition coefficient (Wildman–Crippen LogP) is 2.05. The van der Waals surface area contributed by atoms with Crippen molar-refractivity contribution in [3.05, 3.63) is 43.4 Å². The van der Waals surface area contributed by atoms with E-state index in [-0.39, 0.29) is 11.8 Å². The Labute approximate surface area is 154 Å².